The first kappa shape index (κ1) is 15.7. The van der Waals surface area contributed by atoms with E-state index in [-0.39, 0.29) is 0 Å². The predicted molar refractivity (Wildman–Crippen MR) is 97.4 cm³/mol. The summed E-state index contributed by atoms with van der Waals surface area (Å²) in [5.74, 6) is 1.81. The summed E-state index contributed by atoms with van der Waals surface area (Å²) in [6.07, 6.45) is 2.72. The molecule has 0 unspecified atom stereocenters. The van der Waals surface area contributed by atoms with E-state index in [1.807, 2.05) is 36.4 Å². The molecular weight excluding hydrogens is 296 g/mol. The molecule has 0 spiro atoms. The van der Waals surface area contributed by atoms with Crippen LogP contribution in [0, 0.1) is 0 Å². The maximum absolute atomic E-state index is 5.98. The summed E-state index contributed by atoms with van der Waals surface area (Å²) in [7, 11) is 0. The number of hydrogen-bond donors (Lipinski definition) is 0. The normalized spacial score (nSPS) is 24.7. The second-order valence-electron chi connectivity index (χ2n) is 7.02. The molecule has 0 N–H and O–H groups in total. The van der Waals surface area contributed by atoms with Gasteiger partial charge in [-0.15, -0.1) is 0 Å². The van der Waals surface area contributed by atoms with Crippen LogP contribution < -0.4 is 4.74 Å². The smallest absolute Gasteiger partial charge is 0.127 e. The van der Waals surface area contributed by atoms with Crippen LogP contribution in [0.4, 0.5) is 0 Å². The molecule has 2 fully saturated rings. The van der Waals surface area contributed by atoms with Gasteiger partial charge in [0.2, 0.25) is 0 Å². The lowest BCUT2D eigenvalue weighted by atomic mass is 10.0. The van der Waals surface area contributed by atoms with Crippen LogP contribution in [0.3, 0.4) is 0 Å². The molecule has 0 aromatic heterocycles. The van der Waals surface area contributed by atoms with E-state index >= 15 is 0 Å². The Balaban J connectivity index is 1.44. The number of benzene rings is 2. The van der Waals surface area contributed by atoms with Crippen LogP contribution >= 0.6 is 0 Å². The van der Waals surface area contributed by atoms with Crippen molar-refractivity contribution in [1.29, 1.82) is 0 Å². The van der Waals surface area contributed by atoms with E-state index in [4.69, 9.17) is 4.74 Å². The highest BCUT2D eigenvalue weighted by Crippen LogP contribution is 2.28. The molecule has 126 valence electrons. The molecule has 3 nitrogen and oxygen atoms in total. The summed E-state index contributed by atoms with van der Waals surface area (Å²) in [4.78, 5) is 5.31. The first-order valence-electron chi connectivity index (χ1n) is 9.09. The summed E-state index contributed by atoms with van der Waals surface area (Å²) in [5.41, 5.74) is 1.33. The van der Waals surface area contributed by atoms with Gasteiger partial charge in [-0.3, -0.25) is 9.80 Å². The van der Waals surface area contributed by atoms with Gasteiger partial charge in [0, 0.05) is 31.7 Å². The van der Waals surface area contributed by atoms with Crippen LogP contribution in [0.5, 0.6) is 11.5 Å². The van der Waals surface area contributed by atoms with Crippen molar-refractivity contribution in [2.45, 2.75) is 38.4 Å². The lowest BCUT2D eigenvalue weighted by Gasteiger charge is -2.43. The van der Waals surface area contributed by atoms with Crippen LogP contribution in [0.25, 0.3) is 0 Å². The fraction of sp³-hybridized carbons (Fsp3) is 0.429. The number of nitrogens with zero attached hydrogens (tertiary/aromatic N) is 2. The second kappa shape index (κ2) is 6.96. The monoisotopic (exact) mass is 322 g/mol. The summed E-state index contributed by atoms with van der Waals surface area (Å²) in [5, 5.41) is 0. The Morgan fingerprint density at radius 1 is 0.958 bits per heavy atom. The summed E-state index contributed by atoms with van der Waals surface area (Å²) >= 11 is 0. The number of fused-ring (bicyclic) bond motifs is 1. The van der Waals surface area contributed by atoms with Gasteiger partial charge in [-0.2, -0.15) is 0 Å². The van der Waals surface area contributed by atoms with Crippen molar-refractivity contribution in [1.82, 2.24) is 9.80 Å². The van der Waals surface area contributed by atoms with Gasteiger partial charge in [0.15, 0.2) is 0 Å². The van der Waals surface area contributed by atoms with E-state index in [1.165, 1.54) is 38.0 Å². The third kappa shape index (κ3) is 3.33. The summed E-state index contributed by atoms with van der Waals surface area (Å²) in [6.45, 7) is 7.09. The highest BCUT2D eigenvalue weighted by molar-refractivity contribution is 5.33. The summed E-state index contributed by atoms with van der Waals surface area (Å²) in [6, 6.07) is 19.9. The van der Waals surface area contributed by atoms with Crippen molar-refractivity contribution in [3.8, 4) is 11.5 Å². The lowest BCUT2D eigenvalue weighted by Crippen LogP contribution is -2.55. The van der Waals surface area contributed by atoms with Gasteiger partial charge in [0.05, 0.1) is 0 Å². The Morgan fingerprint density at radius 3 is 2.67 bits per heavy atom. The molecule has 2 aromatic carbocycles. The van der Waals surface area contributed by atoms with E-state index in [0.717, 1.165) is 24.1 Å². The standard InChI is InChI=1S/C21H26N2O/c1-17-21-11-6-12-22(21)13-14-23(17)16-18-7-5-10-20(15-18)24-19-8-3-2-4-9-19/h2-5,7-10,15,17,21H,6,11-14,16H2,1H3/t17-,21-/m1/s1. The minimum absolute atomic E-state index is 0.639. The molecular formula is C21H26N2O. The molecule has 0 aliphatic carbocycles. The van der Waals surface area contributed by atoms with Crippen LogP contribution in [-0.2, 0) is 6.54 Å². The van der Waals surface area contributed by atoms with E-state index in [1.54, 1.807) is 0 Å². The molecule has 0 bridgehead atoms. The molecule has 4 rings (SSSR count). The fourth-order valence-corrected chi connectivity index (χ4v) is 4.17. The topological polar surface area (TPSA) is 15.7 Å². The van der Waals surface area contributed by atoms with Gasteiger partial charge in [0.1, 0.15) is 11.5 Å². The highest BCUT2D eigenvalue weighted by Gasteiger charge is 2.36. The minimum Gasteiger partial charge on any atom is -0.457 e. The van der Waals surface area contributed by atoms with Crippen molar-refractivity contribution in [3.05, 3.63) is 60.2 Å². The minimum atomic E-state index is 0.639. The Bertz CT molecular complexity index is 673. The maximum atomic E-state index is 5.98. The van der Waals surface area contributed by atoms with Gasteiger partial charge in [0.25, 0.3) is 0 Å². The van der Waals surface area contributed by atoms with Gasteiger partial charge in [-0.05, 0) is 56.1 Å². The summed E-state index contributed by atoms with van der Waals surface area (Å²) < 4.78 is 5.98. The van der Waals surface area contributed by atoms with Crippen LogP contribution in [-0.4, -0.2) is 41.5 Å². The third-order valence-corrected chi connectivity index (χ3v) is 5.48. The molecule has 2 heterocycles. The van der Waals surface area contributed by atoms with Crippen molar-refractivity contribution >= 4 is 0 Å². The largest absolute Gasteiger partial charge is 0.457 e. The van der Waals surface area contributed by atoms with E-state index in [2.05, 4.69) is 34.9 Å². The molecule has 0 radical (unpaired) electrons. The Morgan fingerprint density at radius 2 is 1.79 bits per heavy atom. The van der Waals surface area contributed by atoms with Crippen molar-refractivity contribution < 1.29 is 4.74 Å². The van der Waals surface area contributed by atoms with Crippen LogP contribution in [0.1, 0.15) is 25.3 Å². The zero-order valence-electron chi connectivity index (χ0n) is 14.4. The molecule has 3 heteroatoms. The lowest BCUT2D eigenvalue weighted by molar-refractivity contribution is 0.0470. The van der Waals surface area contributed by atoms with E-state index in [0.29, 0.717) is 6.04 Å². The number of piperazine rings is 1. The van der Waals surface area contributed by atoms with Crippen molar-refractivity contribution in [3.63, 3.8) is 0 Å². The second-order valence-corrected chi connectivity index (χ2v) is 7.02. The Labute approximate surface area is 144 Å². The Hall–Kier alpha value is -1.84. The fourth-order valence-electron chi connectivity index (χ4n) is 4.17. The maximum Gasteiger partial charge on any atom is 0.127 e. The Kier molecular flexibility index (Phi) is 4.54. The zero-order valence-corrected chi connectivity index (χ0v) is 14.4. The first-order chi connectivity index (χ1) is 11.8. The van der Waals surface area contributed by atoms with E-state index < -0.39 is 0 Å². The quantitative estimate of drug-likeness (QED) is 0.841. The molecule has 2 aliphatic heterocycles. The molecule has 24 heavy (non-hydrogen) atoms. The number of rotatable bonds is 4. The number of para-hydroxylation sites is 1. The average molecular weight is 322 g/mol. The SMILES string of the molecule is C[C@@H]1[C@H]2CCCN2CCN1Cc1cccc(Oc2ccccc2)c1. The van der Waals surface area contributed by atoms with Gasteiger partial charge >= 0.3 is 0 Å². The van der Waals surface area contributed by atoms with Crippen LogP contribution in [0.2, 0.25) is 0 Å². The number of ether oxygens (including phenoxy) is 1. The van der Waals surface area contributed by atoms with Gasteiger partial charge in [-0.1, -0.05) is 30.3 Å². The molecule has 2 aliphatic rings. The molecule has 2 atom stereocenters. The first-order valence-corrected chi connectivity index (χ1v) is 9.09. The van der Waals surface area contributed by atoms with Crippen LogP contribution in [0.15, 0.2) is 54.6 Å². The molecule has 0 amide bonds. The van der Waals surface area contributed by atoms with Crippen molar-refractivity contribution in [2.75, 3.05) is 19.6 Å². The van der Waals surface area contributed by atoms with E-state index in [9.17, 15) is 0 Å². The average Bonchev–Trinajstić information content (AvgIpc) is 3.08. The number of hydrogen-bond acceptors (Lipinski definition) is 3. The van der Waals surface area contributed by atoms with Gasteiger partial charge in [-0.25, -0.2) is 0 Å². The van der Waals surface area contributed by atoms with Crippen molar-refractivity contribution in [2.24, 2.45) is 0 Å². The van der Waals surface area contributed by atoms with Gasteiger partial charge < -0.3 is 4.74 Å². The zero-order chi connectivity index (χ0) is 16.4. The highest BCUT2D eigenvalue weighted by atomic mass is 16.5. The molecule has 2 aromatic rings. The predicted octanol–water partition coefficient (Wildman–Crippen LogP) is 4.15. The molecule has 2 saturated heterocycles. The molecule has 0 saturated carbocycles. The third-order valence-electron chi connectivity index (χ3n) is 5.48.